The Hall–Kier alpha value is -2.26. The van der Waals surface area contributed by atoms with Crippen molar-refractivity contribution in [1.29, 1.82) is 0 Å². The van der Waals surface area contributed by atoms with E-state index in [1.165, 1.54) is 11.1 Å². The van der Waals surface area contributed by atoms with Gasteiger partial charge in [0.1, 0.15) is 16.7 Å². The molecule has 1 atom stereocenters. The number of nitrogens with zero attached hydrogens (tertiary/aromatic N) is 1. The first-order valence-electron chi connectivity index (χ1n) is 7.71. The van der Waals surface area contributed by atoms with Gasteiger partial charge in [-0.05, 0) is 29.7 Å². The van der Waals surface area contributed by atoms with E-state index in [0.717, 1.165) is 35.3 Å². The van der Waals surface area contributed by atoms with Gasteiger partial charge in [0.15, 0.2) is 0 Å². The Morgan fingerprint density at radius 3 is 2.87 bits per heavy atom. The number of methoxy groups -OCH3 is 1. The van der Waals surface area contributed by atoms with Gasteiger partial charge in [-0.15, -0.1) is 0 Å². The van der Waals surface area contributed by atoms with Crippen LogP contribution < -0.4 is 10.1 Å². The molecular weight excluding hydrogens is 308 g/mol. The Kier molecular flexibility index (Phi) is 3.58. The average Bonchev–Trinajstić information content (AvgIpc) is 2.55. The molecule has 116 valence electrons. The number of fused-ring (bicyclic) bond motifs is 2. The maximum Gasteiger partial charge on any atom is 0.135 e. The fraction of sp³-hybridized carbons (Fsp3) is 0.211. The Balaban J connectivity index is 1.62. The van der Waals surface area contributed by atoms with Gasteiger partial charge in [-0.2, -0.15) is 0 Å². The Bertz CT molecular complexity index is 878. The molecule has 4 heteroatoms. The molecule has 0 radical (unpaired) electrons. The van der Waals surface area contributed by atoms with Crippen LogP contribution in [0.25, 0.3) is 10.8 Å². The number of benzene rings is 2. The number of aromatic nitrogens is 1. The first kappa shape index (κ1) is 14.3. The van der Waals surface area contributed by atoms with Crippen LogP contribution in [0.4, 0.5) is 5.82 Å². The van der Waals surface area contributed by atoms with Gasteiger partial charge in [0, 0.05) is 23.2 Å². The summed E-state index contributed by atoms with van der Waals surface area (Å²) in [5, 5.41) is 5.95. The molecule has 0 saturated heterocycles. The van der Waals surface area contributed by atoms with E-state index >= 15 is 0 Å². The van der Waals surface area contributed by atoms with Crippen molar-refractivity contribution in [2.45, 2.75) is 12.3 Å². The SMILES string of the molecule is COc1cccc2c(NCC3Cc4ccccc43)nc(Cl)cc12. The monoisotopic (exact) mass is 324 g/mol. The van der Waals surface area contributed by atoms with Crippen LogP contribution in [-0.4, -0.2) is 18.6 Å². The van der Waals surface area contributed by atoms with Crippen LogP contribution in [0.2, 0.25) is 5.15 Å². The van der Waals surface area contributed by atoms with Gasteiger partial charge in [0.05, 0.1) is 7.11 Å². The summed E-state index contributed by atoms with van der Waals surface area (Å²) in [4.78, 5) is 4.46. The molecule has 0 fully saturated rings. The number of pyridine rings is 1. The van der Waals surface area contributed by atoms with E-state index in [1.807, 2.05) is 24.3 Å². The third-order valence-corrected chi connectivity index (χ3v) is 4.69. The van der Waals surface area contributed by atoms with E-state index < -0.39 is 0 Å². The molecule has 2 aromatic carbocycles. The standard InChI is InChI=1S/C19H17ClN2O/c1-23-17-8-4-7-15-16(17)10-18(20)22-19(15)21-11-13-9-12-5-2-3-6-14(12)13/h2-8,10,13H,9,11H2,1H3,(H,21,22). The molecule has 1 heterocycles. The highest BCUT2D eigenvalue weighted by molar-refractivity contribution is 6.30. The zero-order valence-electron chi connectivity index (χ0n) is 12.8. The Morgan fingerprint density at radius 1 is 1.17 bits per heavy atom. The molecule has 0 aliphatic heterocycles. The average molecular weight is 325 g/mol. The zero-order chi connectivity index (χ0) is 15.8. The summed E-state index contributed by atoms with van der Waals surface area (Å²) in [6.45, 7) is 0.858. The second-order valence-corrected chi connectivity index (χ2v) is 6.22. The maximum atomic E-state index is 6.19. The lowest BCUT2D eigenvalue weighted by molar-refractivity contribution is 0.420. The van der Waals surface area contributed by atoms with Crippen LogP contribution in [0.15, 0.2) is 48.5 Å². The van der Waals surface area contributed by atoms with Crippen LogP contribution in [0.1, 0.15) is 17.0 Å². The van der Waals surface area contributed by atoms with E-state index in [1.54, 1.807) is 7.11 Å². The fourth-order valence-corrected chi connectivity index (χ4v) is 3.49. The summed E-state index contributed by atoms with van der Waals surface area (Å²) in [6.07, 6.45) is 1.12. The molecule has 1 N–H and O–H groups in total. The van der Waals surface area contributed by atoms with Gasteiger partial charge in [-0.3, -0.25) is 0 Å². The van der Waals surface area contributed by atoms with Crippen molar-refractivity contribution < 1.29 is 4.74 Å². The predicted octanol–water partition coefficient (Wildman–Crippen LogP) is 4.65. The Morgan fingerprint density at radius 2 is 2.04 bits per heavy atom. The van der Waals surface area contributed by atoms with E-state index in [4.69, 9.17) is 16.3 Å². The van der Waals surface area contributed by atoms with E-state index in [-0.39, 0.29) is 0 Å². The van der Waals surface area contributed by atoms with Crippen molar-refractivity contribution in [2.24, 2.45) is 0 Å². The van der Waals surface area contributed by atoms with Crippen molar-refractivity contribution in [1.82, 2.24) is 4.98 Å². The van der Waals surface area contributed by atoms with Crippen LogP contribution >= 0.6 is 11.6 Å². The van der Waals surface area contributed by atoms with Crippen molar-refractivity contribution >= 4 is 28.2 Å². The lowest BCUT2D eigenvalue weighted by atomic mass is 9.77. The summed E-state index contributed by atoms with van der Waals surface area (Å²) in [5.41, 5.74) is 2.88. The number of nitrogens with one attached hydrogen (secondary N) is 1. The van der Waals surface area contributed by atoms with Crippen LogP contribution in [0.5, 0.6) is 5.75 Å². The minimum Gasteiger partial charge on any atom is -0.496 e. The summed E-state index contributed by atoms with van der Waals surface area (Å²) >= 11 is 6.19. The third kappa shape index (κ3) is 2.51. The molecule has 1 aromatic heterocycles. The molecule has 3 aromatic rings. The van der Waals surface area contributed by atoms with E-state index in [9.17, 15) is 0 Å². The molecule has 0 spiro atoms. The molecule has 4 rings (SSSR count). The molecule has 0 amide bonds. The van der Waals surface area contributed by atoms with Gasteiger partial charge in [0.25, 0.3) is 0 Å². The largest absolute Gasteiger partial charge is 0.496 e. The van der Waals surface area contributed by atoms with Crippen LogP contribution in [-0.2, 0) is 6.42 Å². The van der Waals surface area contributed by atoms with E-state index in [0.29, 0.717) is 11.1 Å². The smallest absolute Gasteiger partial charge is 0.135 e. The van der Waals surface area contributed by atoms with Crippen molar-refractivity contribution in [3.8, 4) is 5.75 Å². The number of hydrogen-bond acceptors (Lipinski definition) is 3. The molecular formula is C19H17ClN2O. The molecule has 0 saturated carbocycles. The third-order valence-electron chi connectivity index (χ3n) is 4.50. The molecule has 0 bridgehead atoms. The van der Waals surface area contributed by atoms with Crippen molar-refractivity contribution in [3.05, 3.63) is 64.8 Å². The normalized spacial score (nSPS) is 15.8. The molecule has 3 nitrogen and oxygen atoms in total. The minimum atomic E-state index is 0.471. The highest BCUT2D eigenvalue weighted by Crippen LogP contribution is 2.36. The predicted molar refractivity (Wildman–Crippen MR) is 94.7 cm³/mol. The van der Waals surface area contributed by atoms with Crippen molar-refractivity contribution in [2.75, 3.05) is 19.0 Å². The fourth-order valence-electron chi connectivity index (χ4n) is 3.30. The summed E-state index contributed by atoms with van der Waals surface area (Å²) in [7, 11) is 1.67. The quantitative estimate of drug-likeness (QED) is 0.709. The number of anilines is 1. The lowest BCUT2D eigenvalue weighted by Gasteiger charge is -2.30. The topological polar surface area (TPSA) is 34.1 Å². The van der Waals surface area contributed by atoms with Gasteiger partial charge in [0.2, 0.25) is 0 Å². The number of rotatable bonds is 4. The number of ether oxygens (including phenoxy) is 1. The first-order chi connectivity index (χ1) is 11.3. The summed E-state index contributed by atoms with van der Waals surface area (Å²) < 4.78 is 5.43. The van der Waals surface area contributed by atoms with Gasteiger partial charge in [-0.25, -0.2) is 4.98 Å². The molecule has 23 heavy (non-hydrogen) atoms. The van der Waals surface area contributed by atoms with Gasteiger partial charge < -0.3 is 10.1 Å². The van der Waals surface area contributed by atoms with Crippen LogP contribution in [0.3, 0.4) is 0 Å². The summed E-state index contributed by atoms with van der Waals surface area (Å²) in [5.74, 6) is 2.16. The second kappa shape index (κ2) is 5.74. The molecule has 1 unspecified atom stereocenters. The molecule has 1 aliphatic rings. The minimum absolute atomic E-state index is 0.471. The highest BCUT2D eigenvalue weighted by Gasteiger charge is 2.25. The summed E-state index contributed by atoms with van der Waals surface area (Å²) in [6, 6.07) is 16.4. The maximum absolute atomic E-state index is 6.19. The number of hydrogen-bond donors (Lipinski definition) is 1. The van der Waals surface area contributed by atoms with Gasteiger partial charge >= 0.3 is 0 Å². The van der Waals surface area contributed by atoms with Gasteiger partial charge in [-0.1, -0.05) is 48.0 Å². The Labute approximate surface area is 140 Å². The molecule has 1 aliphatic carbocycles. The van der Waals surface area contributed by atoms with Crippen LogP contribution in [0, 0.1) is 0 Å². The second-order valence-electron chi connectivity index (χ2n) is 5.83. The highest BCUT2D eigenvalue weighted by atomic mass is 35.5. The van der Waals surface area contributed by atoms with E-state index in [2.05, 4.69) is 34.6 Å². The zero-order valence-corrected chi connectivity index (χ0v) is 13.6. The first-order valence-corrected chi connectivity index (χ1v) is 8.09. The lowest BCUT2D eigenvalue weighted by Crippen LogP contribution is -2.24. The number of halogens is 1. The van der Waals surface area contributed by atoms with Crippen molar-refractivity contribution in [3.63, 3.8) is 0 Å².